The monoisotopic (exact) mass is 361 g/mol. The molecule has 2 saturated heterocycles. The molecule has 0 aromatic heterocycles. The summed E-state index contributed by atoms with van der Waals surface area (Å²) in [4.78, 5) is 12.6. The van der Waals surface area contributed by atoms with Crippen molar-refractivity contribution in [1.82, 2.24) is 4.90 Å². The summed E-state index contributed by atoms with van der Waals surface area (Å²) >= 11 is 0. The van der Waals surface area contributed by atoms with Gasteiger partial charge in [0.25, 0.3) is 0 Å². The van der Waals surface area contributed by atoms with Crippen LogP contribution in [0, 0.1) is 5.92 Å². The number of nitrogens with zero attached hydrogens (tertiary/aromatic N) is 1. The molecule has 1 atom stereocenters. The average Bonchev–Trinajstić information content (AvgIpc) is 2.81. The molecule has 1 aromatic rings. The van der Waals surface area contributed by atoms with E-state index in [9.17, 15) is 4.79 Å². The first-order valence-electron chi connectivity index (χ1n) is 9.24. The van der Waals surface area contributed by atoms with Gasteiger partial charge in [-0.2, -0.15) is 0 Å². The van der Waals surface area contributed by atoms with Crippen molar-refractivity contribution in [2.45, 2.75) is 51.7 Å². The zero-order chi connectivity index (χ0) is 18.9. The number of hydrogen-bond donors (Lipinski definition) is 1. The van der Waals surface area contributed by atoms with Crippen molar-refractivity contribution in [2.75, 3.05) is 19.7 Å². The van der Waals surface area contributed by atoms with Gasteiger partial charge in [-0.25, -0.2) is 4.79 Å². The highest BCUT2D eigenvalue weighted by molar-refractivity contribution is 6.62. The highest BCUT2D eigenvalue weighted by Gasteiger charge is 2.51. The van der Waals surface area contributed by atoms with Gasteiger partial charge in [-0.15, -0.1) is 0 Å². The summed E-state index contributed by atoms with van der Waals surface area (Å²) in [5, 5.41) is 9.14. The summed E-state index contributed by atoms with van der Waals surface area (Å²) in [7, 11) is -0.416. The van der Waals surface area contributed by atoms with E-state index in [1.54, 1.807) is 0 Å². The zero-order valence-corrected chi connectivity index (χ0v) is 16.0. The molecular formula is C19H28BNO5. The Morgan fingerprint density at radius 2 is 2.00 bits per heavy atom. The smallest absolute Gasteiger partial charge is 0.493 e. The molecule has 0 radical (unpaired) electrons. The van der Waals surface area contributed by atoms with Crippen molar-refractivity contribution in [3.63, 3.8) is 0 Å². The first kappa shape index (κ1) is 19.0. The van der Waals surface area contributed by atoms with Crippen LogP contribution in [-0.2, 0) is 9.31 Å². The maximum atomic E-state index is 11.1. The third-order valence-electron chi connectivity index (χ3n) is 5.66. The molecule has 7 heteroatoms. The molecule has 1 aromatic carbocycles. The van der Waals surface area contributed by atoms with Crippen LogP contribution in [0.4, 0.5) is 4.79 Å². The number of benzene rings is 1. The van der Waals surface area contributed by atoms with Crippen molar-refractivity contribution in [1.29, 1.82) is 0 Å². The largest absolute Gasteiger partial charge is 0.494 e. The SMILES string of the molecule is CC1(C)OB(c2cccc(OCC3CCCN(C(=O)O)C3)c2)OC1(C)C. The van der Waals surface area contributed by atoms with Crippen molar-refractivity contribution >= 4 is 18.7 Å². The van der Waals surface area contributed by atoms with E-state index in [0.717, 1.165) is 24.1 Å². The van der Waals surface area contributed by atoms with Gasteiger partial charge in [0, 0.05) is 19.0 Å². The third-order valence-corrected chi connectivity index (χ3v) is 5.66. The van der Waals surface area contributed by atoms with E-state index in [0.29, 0.717) is 19.7 Å². The zero-order valence-electron chi connectivity index (χ0n) is 16.0. The molecule has 0 spiro atoms. The molecule has 2 aliphatic rings. The van der Waals surface area contributed by atoms with Gasteiger partial charge in [0.2, 0.25) is 0 Å². The van der Waals surface area contributed by atoms with Gasteiger partial charge in [0.15, 0.2) is 0 Å². The predicted octanol–water partition coefficient (Wildman–Crippen LogP) is 2.75. The molecule has 0 aliphatic carbocycles. The normalized spacial score (nSPS) is 24.5. The van der Waals surface area contributed by atoms with Gasteiger partial charge in [-0.3, -0.25) is 0 Å². The van der Waals surface area contributed by atoms with Crippen LogP contribution in [0.1, 0.15) is 40.5 Å². The van der Waals surface area contributed by atoms with Crippen LogP contribution in [0.25, 0.3) is 0 Å². The van der Waals surface area contributed by atoms with Crippen LogP contribution in [0.5, 0.6) is 5.75 Å². The van der Waals surface area contributed by atoms with Gasteiger partial charge in [0.1, 0.15) is 5.75 Å². The third kappa shape index (κ3) is 3.99. The maximum Gasteiger partial charge on any atom is 0.494 e. The van der Waals surface area contributed by atoms with Crippen molar-refractivity contribution in [3.05, 3.63) is 24.3 Å². The molecule has 26 heavy (non-hydrogen) atoms. The Bertz CT molecular complexity index is 647. The molecular weight excluding hydrogens is 333 g/mol. The van der Waals surface area contributed by atoms with E-state index in [2.05, 4.69) is 0 Å². The molecule has 1 N–H and O–H groups in total. The van der Waals surface area contributed by atoms with Crippen LogP contribution in [0.15, 0.2) is 24.3 Å². The van der Waals surface area contributed by atoms with Crippen molar-refractivity contribution in [2.24, 2.45) is 5.92 Å². The molecule has 6 nitrogen and oxygen atoms in total. The van der Waals surface area contributed by atoms with Gasteiger partial charge in [-0.1, -0.05) is 12.1 Å². The minimum atomic E-state index is -0.850. The second-order valence-corrected chi connectivity index (χ2v) is 8.21. The number of amides is 1. The number of hydrogen-bond acceptors (Lipinski definition) is 4. The fourth-order valence-corrected chi connectivity index (χ4v) is 3.32. The molecule has 1 unspecified atom stereocenters. The van der Waals surface area contributed by atoms with Gasteiger partial charge in [-0.05, 0) is 58.1 Å². The number of carbonyl (C=O) groups is 1. The van der Waals surface area contributed by atoms with Crippen LogP contribution in [0.2, 0.25) is 0 Å². The average molecular weight is 361 g/mol. The summed E-state index contributed by atoms with van der Waals surface area (Å²) < 4.78 is 18.1. The van der Waals surface area contributed by atoms with Gasteiger partial charge < -0.3 is 24.1 Å². The number of carboxylic acid groups (broad SMARTS) is 1. The number of ether oxygens (including phenoxy) is 1. The molecule has 1 amide bonds. The van der Waals surface area contributed by atoms with E-state index in [1.165, 1.54) is 4.90 Å². The fraction of sp³-hybridized carbons (Fsp3) is 0.632. The Hall–Kier alpha value is -1.73. The molecule has 2 fully saturated rings. The second kappa shape index (κ2) is 7.12. The summed E-state index contributed by atoms with van der Waals surface area (Å²) in [6.45, 7) is 9.79. The minimum absolute atomic E-state index is 0.223. The van der Waals surface area contributed by atoms with E-state index in [4.69, 9.17) is 19.2 Å². The Morgan fingerprint density at radius 1 is 1.31 bits per heavy atom. The van der Waals surface area contributed by atoms with E-state index in [-0.39, 0.29) is 17.1 Å². The molecule has 0 bridgehead atoms. The van der Waals surface area contributed by atoms with E-state index in [1.807, 2.05) is 52.0 Å². The molecule has 3 rings (SSSR count). The second-order valence-electron chi connectivity index (χ2n) is 8.21. The quantitative estimate of drug-likeness (QED) is 0.836. The molecule has 0 saturated carbocycles. The minimum Gasteiger partial charge on any atom is -0.493 e. The van der Waals surface area contributed by atoms with Crippen molar-refractivity contribution < 1.29 is 23.9 Å². The molecule has 2 aliphatic heterocycles. The Morgan fingerprint density at radius 3 is 2.65 bits per heavy atom. The van der Waals surface area contributed by atoms with E-state index < -0.39 is 13.2 Å². The lowest BCUT2D eigenvalue weighted by atomic mass is 9.79. The van der Waals surface area contributed by atoms with Gasteiger partial charge in [0.05, 0.1) is 17.8 Å². The standard InChI is InChI=1S/C19H28BNO5/c1-18(2)19(3,4)26-20(25-18)15-8-5-9-16(11-15)24-13-14-7-6-10-21(12-14)17(22)23/h5,8-9,11,14H,6-7,10,12-13H2,1-4H3,(H,22,23). The number of rotatable bonds is 4. The highest BCUT2D eigenvalue weighted by atomic mass is 16.7. The van der Waals surface area contributed by atoms with E-state index >= 15 is 0 Å². The summed E-state index contributed by atoms with van der Waals surface area (Å²) in [6, 6.07) is 7.76. The summed E-state index contributed by atoms with van der Waals surface area (Å²) in [6.07, 6.45) is 1.02. The van der Waals surface area contributed by atoms with Crippen LogP contribution in [0.3, 0.4) is 0 Å². The maximum absolute atomic E-state index is 11.1. The van der Waals surface area contributed by atoms with Crippen LogP contribution >= 0.6 is 0 Å². The molecule has 2 heterocycles. The topological polar surface area (TPSA) is 68.2 Å². The lowest BCUT2D eigenvalue weighted by Crippen LogP contribution is -2.41. The number of likely N-dealkylation sites (tertiary alicyclic amines) is 1. The van der Waals surface area contributed by atoms with Crippen LogP contribution < -0.4 is 10.2 Å². The highest BCUT2D eigenvalue weighted by Crippen LogP contribution is 2.36. The summed E-state index contributed by atoms with van der Waals surface area (Å²) in [5.74, 6) is 0.977. The Kier molecular flexibility index (Phi) is 5.22. The fourth-order valence-electron chi connectivity index (χ4n) is 3.32. The first-order valence-corrected chi connectivity index (χ1v) is 9.24. The van der Waals surface area contributed by atoms with Crippen LogP contribution in [-0.4, -0.2) is 54.1 Å². The predicted molar refractivity (Wildman–Crippen MR) is 100.0 cm³/mol. The summed E-state index contributed by atoms with van der Waals surface area (Å²) in [5.41, 5.74) is 0.172. The first-order chi connectivity index (χ1) is 12.2. The lowest BCUT2D eigenvalue weighted by molar-refractivity contribution is 0.00578. The molecule has 142 valence electrons. The van der Waals surface area contributed by atoms with Crippen molar-refractivity contribution in [3.8, 4) is 5.75 Å². The lowest BCUT2D eigenvalue weighted by Gasteiger charge is -2.32. The number of piperidine rings is 1. The Labute approximate surface area is 155 Å². The Balaban J connectivity index is 1.61. The van der Waals surface area contributed by atoms with Gasteiger partial charge >= 0.3 is 13.2 Å².